The van der Waals surface area contributed by atoms with Crippen molar-refractivity contribution < 1.29 is 4.74 Å². The van der Waals surface area contributed by atoms with E-state index in [1.165, 1.54) is 45.3 Å². The molecule has 1 aliphatic rings. The lowest BCUT2D eigenvalue weighted by molar-refractivity contribution is 0.282. The molecule has 1 fully saturated rings. The van der Waals surface area contributed by atoms with Crippen LogP contribution < -0.4 is 10.1 Å². The zero-order valence-electron chi connectivity index (χ0n) is 12.8. The van der Waals surface area contributed by atoms with Crippen LogP contribution >= 0.6 is 0 Å². The third-order valence-electron chi connectivity index (χ3n) is 3.99. The molecule has 1 aromatic rings. The van der Waals surface area contributed by atoms with Crippen molar-refractivity contribution in [3.63, 3.8) is 0 Å². The maximum atomic E-state index is 5.30. The van der Waals surface area contributed by atoms with E-state index in [0.29, 0.717) is 6.04 Å². The van der Waals surface area contributed by atoms with Gasteiger partial charge in [0.05, 0.1) is 7.11 Å². The van der Waals surface area contributed by atoms with Gasteiger partial charge in [0.15, 0.2) is 0 Å². The highest BCUT2D eigenvalue weighted by Gasteiger charge is 2.16. The van der Waals surface area contributed by atoms with Gasteiger partial charge in [-0.25, -0.2) is 4.98 Å². The normalized spacial score (nSPS) is 20.6. The number of likely N-dealkylation sites (tertiary alicyclic amines) is 1. The molecule has 20 heavy (non-hydrogen) atoms. The Labute approximate surface area is 122 Å². The Morgan fingerprint density at radius 1 is 1.40 bits per heavy atom. The first kappa shape index (κ1) is 15.3. The van der Waals surface area contributed by atoms with Crippen LogP contribution in [0.5, 0.6) is 5.88 Å². The monoisotopic (exact) mass is 277 g/mol. The maximum Gasteiger partial charge on any atom is 0.217 e. The molecule has 2 rings (SSSR count). The summed E-state index contributed by atoms with van der Waals surface area (Å²) in [7, 11) is 1.68. The van der Waals surface area contributed by atoms with Crippen LogP contribution in [0.25, 0.3) is 0 Å². The molecule has 0 bridgehead atoms. The Morgan fingerprint density at radius 3 is 3.10 bits per heavy atom. The van der Waals surface area contributed by atoms with E-state index in [0.717, 1.165) is 18.0 Å². The maximum absolute atomic E-state index is 5.30. The van der Waals surface area contributed by atoms with Gasteiger partial charge in [-0.3, -0.25) is 0 Å². The molecule has 0 amide bonds. The van der Waals surface area contributed by atoms with E-state index in [9.17, 15) is 0 Å². The molecular weight excluding hydrogens is 250 g/mol. The number of rotatable bonds is 6. The van der Waals surface area contributed by atoms with Crippen molar-refractivity contribution in [3.05, 3.63) is 23.9 Å². The van der Waals surface area contributed by atoms with Crippen LogP contribution in [-0.4, -0.2) is 42.7 Å². The van der Waals surface area contributed by atoms with Gasteiger partial charge in [0.25, 0.3) is 0 Å². The van der Waals surface area contributed by atoms with Gasteiger partial charge >= 0.3 is 0 Å². The number of methoxy groups -OCH3 is 1. The summed E-state index contributed by atoms with van der Waals surface area (Å²) < 4.78 is 5.30. The summed E-state index contributed by atoms with van der Waals surface area (Å²) in [5, 5.41) is 3.67. The lowest BCUT2D eigenvalue weighted by Crippen LogP contribution is -2.31. The lowest BCUT2D eigenvalue weighted by Gasteiger charge is -2.19. The van der Waals surface area contributed by atoms with Crippen molar-refractivity contribution in [2.24, 2.45) is 0 Å². The zero-order chi connectivity index (χ0) is 14.2. The zero-order valence-corrected chi connectivity index (χ0v) is 12.8. The SMILES string of the molecule is CCCN1CCCC(NCc2cccnc2OC)CC1. The summed E-state index contributed by atoms with van der Waals surface area (Å²) in [4.78, 5) is 6.84. The van der Waals surface area contributed by atoms with Crippen molar-refractivity contribution in [2.45, 2.75) is 45.2 Å². The highest BCUT2D eigenvalue weighted by Crippen LogP contribution is 2.16. The lowest BCUT2D eigenvalue weighted by atomic mass is 10.1. The van der Waals surface area contributed by atoms with E-state index in [4.69, 9.17) is 4.74 Å². The summed E-state index contributed by atoms with van der Waals surface area (Å²) in [6.45, 7) is 6.81. The molecular formula is C16H27N3O. The molecule has 0 aliphatic carbocycles. The first-order valence-electron chi connectivity index (χ1n) is 7.77. The van der Waals surface area contributed by atoms with E-state index in [1.54, 1.807) is 13.3 Å². The largest absolute Gasteiger partial charge is 0.481 e. The van der Waals surface area contributed by atoms with Crippen molar-refractivity contribution >= 4 is 0 Å². The summed E-state index contributed by atoms with van der Waals surface area (Å²) >= 11 is 0. The molecule has 0 spiro atoms. The van der Waals surface area contributed by atoms with Gasteiger partial charge in [0, 0.05) is 24.3 Å². The Balaban J connectivity index is 1.82. The van der Waals surface area contributed by atoms with Gasteiger partial charge in [-0.15, -0.1) is 0 Å². The van der Waals surface area contributed by atoms with Gasteiger partial charge in [-0.2, -0.15) is 0 Å². The van der Waals surface area contributed by atoms with Crippen LogP contribution in [0, 0.1) is 0 Å². The smallest absolute Gasteiger partial charge is 0.217 e. The van der Waals surface area contributed by atoms with Gasteiger partial charge in [-0.1, -0.05) is 13.0 Å². The fourth-order valence-electron chi connectivity index (χ4n) is 2.90. The molecule has 4 nitrogen and oxygen atoms in total. The predicted octanol–water partition coefficient (Wildman–Crippen LogP) is 2.44. The summed E-state index contributed by atoms with van der Waals surface area (Å²) in [5.74, 6) is 0.737. The average Bonchev–Trinajstić information content (AvgIpc) is 2.71. The number of nitrogens with zero attached hydrogens (tertiary/aromatic N) is 2. The summed E-state index contributed by atoms with van der Waals surface area (Å²) in [5.41, 5.74) is 1.14. The first-order valence-corrected chi connectivity index (χ1v) is 7.77. The van der Waals surface area contributed by atoms with Gasteiger partial charge in [-0.05, 0) is 51.4 Å². The summed E-state index contributed by atoms with van der Waals surface area (Å²) in [6, 6.07) is 4.66. The molecule has 1 saturated heterocycles. The first-order chi connectivity index (χ1) is 9.83. The van der Waals surface area contributed by atoms with E-state index in [2.05, 4.69) is 28.2 Å². The van der Waals surface area contributed by atoms with Crippen molar-refractivity contribution in [2.75, 3.05) is 26.7 Å². The average molecular weight is 277 g/mol. The minimum Gasteiger partial charge on any atom is -0.481 e. The Hall–Kier alpha value is -1.13. The van der Waals surface area contributed by atoms with Crippen LogP contribution in [0.2, 0.25) is 0 Å². The second kappa shape index (κ2) is 8.22. The Kier molecular flexibility index (Phi) is 6.27. The van der Waals surface area contributed by atoms with Gasteiger partial charge in [0.1, 0.15) is 0 Å². The third-order valence-corrected chi connectivity index (χ3v) is 3.99. The molecule has 112 valence electrons. The second-order valence-corrected chi connectivity index (χ2v) is 5.52. The third kappa shape index (κ3) is 4.46. The van der Waals surface area contributed by atoms with Crippen molar-refractivity contribution in [3.8, 4) is 5.88 Å². The second-order valence-electron chi connectivity index (χ2n) is 5.52. The molecule has 0 saturated carbocycles. The summed E-state index contributed by atoms with van der Waals surface area (Å²) in [6.07, 6.45) is 6.83. The highest BCUT2D eigenvalue weighted by atomic mass is 16.5. The molecule has 1 N–H and O–H groups in total. The quantitative estimate of drug-likeness (QED) is 0.866. The standard InChI is InChI=1S/C16H27N3O/c1-3-10-19-11-5-7-15(8-12-19)18-13-14-6-4-9-17-16(14)20-2/h4,6,9,15,18H,3,5,7-8,10-13H2,1-2H3. The highest BCUT2D eigenvalue weighted by molar-refractivity contribution is 5.25. The number of aromatic nitrogens is 1. The van der Waals surface area contributed by atoms with Crippen LogP contribution in [0.3, 0.4) is 0 Å². The van der Waals surface area contributed by atoms with E-state index in [1.807, 2.05) is 6.07 Å². The topological polar surface area (TPSA) is 37.4 Å². The molecule has 1 atom stereocenters. The van der Waals surface area contributed by atoms with Crippen LogP contribution in [-0.2, 0) is 6.54 Å². The molecule has 1 aromatic heterocycles. The van der Waals surface area contributed by atoms with E-state index in [-0.39, 0.29) is 0 Å². The predicted molar refractivity (Wildman–Crippen MR) is 82.0 cm³/mol. The van der Waals surface area contributed by atoms with Crippen LogP contribution in [0.1, 0.15) is 38.2 Å². The Bertz CT molecular complexity index is 397. The number of nitrogens with one attached hydrogen (secondary N) is 1. The van der Waals surface area contributed by atoms with E-state index >= 15 is 0 Å². The van der Waals surface area contributed by atoms with Gasteiger partial charge < -0.3 is 15.0 Å². The Morgan fingerprint density at radius 2 is 2.30 bits per heavy atom. The van der Waals surface area contributed by atoms with Crippen molar-refractivity contribution in [1.29, 1.82) is 0 Å². The van der Waals surface area contributed by atoms with Gasteiger partial charge in [0.2, 0.25) is 5.88 Å². The number of hydrogen-bond acceptors (Lipinski definition) is 4. The molecule has 1 unspecified atom stereocenters. The van der Waals surface area contributed by atoms with E-state index < -0.39 is 0 Å². The number of pyridine rings is 1. The van der Waals surface area contributed by atoms with Crippen LogP contribution in [0.4, 0.5) is 0 Å². The number of hydrogen-bond donors (Lipinski definition) is 1. The number of ether oxygens (including phenoxy) is 1. The minimum absolute atomic E-state index is 0.613. The fourth-order valence-corrected chi connectivity index (χ4v) is 2.90. The molecule has 4 heteroatoms. The minimum atomic E-state index is 0.613. The molecule has 0 radical (unpaired) electrons. The van der Waals surface area contributed by atoms with Crippen molar-refractivity contribution in [1.82, 2.24) is 15.2 Å². The molecule has 1 aliphatic heterocycles. The fraction of sp³-hybridized carbons (Fsp3) is 0.688. The molecule has 2 heterocycles. The van der Waals surface area contributed by atoms with Crippen LogP contribution in [0.15, 0.2) is 18.3 Å². The molecule has 0 aromatic carbocycles.